The first-order chi connectivity index (χ1) is 5.24. The van der Waals surface area contributed by atoms with Gasteiger partial charge in [0.05, 0.1) is 6.61 Å². The molecule has 0 aromatic rings. The van der Waals surface area contributed by atoms with E-state index in [0.717, 1.165) is 0 Å². The summed E-state index contributed by atoms with van der Waals surface area (Å²) in [6.45, 7) is 2.10. The predicted octanol–water partition coefficient (Wildman–Crippen LogP) is 0.0469. The molecule has 0 amide bonds. The van der Waals surface area contributed by atoms with Gasteiger partial charge in [0.2, 0.25) is 0 Å². The molecule has 1 aliphatic rings. The Morgan fingerprint density at radius 1 is 1.73 bits per heavy atom. The summed E-state index contributed by atoms with van der Waals surface area (Å²) >= 11 is 0. The van der Waals surface area contributed by atoms with Crippen molar-refractivity contribution in [1.29, 1.82) is 0 Å². The molecule has 0 spiro atoms. The molecule has 0 unspecified atom stereocenters. The first-order valence-electron chi connectivity index (χ1n) is 3.74. The van der Waals surface area contributed by atoms with E-state index >= 15 is 0 Å². The number of aliphatic hydroxyl groups is 1. The Labute approximate surface area is 65.1 Å². The molecular formula is C7H12O4. The molecule has 0 radical (unpaired) electrons. The van der Waals surface area contributed by atoms with E-state index in [9.17, 15) is 4.79 Å². The maximum atomic E-state index is 10.9. The molecule has 1 saturated heterocycles. The standard InChI is InChI=1S/C7H12O4/c1-2-10-7(9)5-3-4-6(8)11-5/h5-6,8H,2-4H2,1H3/t5-,6+/m1/s1. The van der Waals surface area contributed by atoms with E-state index in [-0.39, 0.29) is 5.97 Å². The van der Waals surface area contributed by atoms with Crippen LogP contribution in [0.15, 0.2) is 0 Å². The Kier molecular flexibility index (Phi) is 2.84. The zero-order valence-corrected chi connectivity index (χ0v) is 6.45. The van der Waals surface area contributed by atoms with Crippen LogP contribution in [0.5, 0.6) is 0 Å². The highest BCUT2D eigenvalue weighted by Crippen LogP contribution is 2.18. The van der Waals surface area contributed by atoms with Crippen molar-refractivity contribution in [3.63, 3.8) is 0 Å². The second-order valence-electron chi connectivity index (χ2n) is 2.41. The Balaban J connectivity index is 2.31. The summed E-state index contributed by atoms with van der Waals surface area (Å²) in [6, 6.07) is 0. The largest absolute Gasteiger partial charge is 0.464 e. The van der Waals surface area contributed by atoms with Gasteiger partial charge in [-0.3, -0.25) is 0 Å². The quantitative estimate of drug-likeness (QED) is 0.580. The van der Waals surface area contributed by atoms with E-state index in [1.54, 1.807) is 6.92 Å². The lowest BCUT2D eigenvalue weighted by molar-refractivity contribution is -0.164. The van der Waals surface area contributed by atoms with Crippen LogP contribution in [0.2, 0.25) is 0 Å². The molecule has 11 heavy (non-hydrogen) atoms. The summed E-state index contributed by atoms with van der Waals surface area (Å²) in [4.78, 5) is 10.9. The van der Waals surface area contributed by atoms with Crippen molar-refractivity contribution >= 4 is 5.97 Å². The molecule has 4 heteroatoms. The highest BCUT2D eigenvalue weighted by molar-refractivity contribution is 5.74. The van der Waals surface area contributed by atoms with Gasteiger partial charge in [-0.05, 0) is 13.3 Å². The molecule has 0 bridgehead atoms. The van der Waals surface area contributed by atoms with Crippen LogP contribution >= 0.6 is 0 Å². The number of rotatable bonds is 2. The minimum atomic E-state index is -0.788. The van der Waals surface area contributed by atoms with E-state index in [4.69, 9.17) is 14.6 Å². The van der Waals surface area contributed by atoms with Gasteiger partial charge in [0.1, 0.15) is 0 Å². The molecule has 0 aromatic heterocycles. The Morgan fingerprint density at radius 3 is 2.91 bits per heavy atom. The zero-order chi connectivity index (χ0) is 8.27. The van der Waals surface area contributed by atoms with Gasteiger partial charge in [-0.2, -0.15) is 0 Å². The van der Waals surface area contributed by atoms with Gasteiger partial charge < -0.3 is 14.6 Å². The van der Waals surface area contributed by atoms with Crippen LogP contribution in [0.1, 0.15) is 19.8 Å². The topological polar surface area (TPSA) is 55.8 Å². The predicted molar refractivity (Wildman–Crippen MR) is 36.7 cm³/mol. The first-order valence-corrected chi connectivity index (χ1v) is 3.74. The number of carbonyl (C=O) groups excluding carboxylic acids is 1. The van der Waals surface area contributed by atoms with Crippen LogP contribution in [0.3, 0.4) is 0 Å². The molecule has 0 aliphatic carbocycles. The van der Waals surface area contributed by atoms with E-state index in [2.05, 4.69) is 0 Å². The second-order valence-corrected chi connectivity index (χ2v) is 2.41. The average Bonchev–Trinajstić information content (AvgIpc) is 2.36. The third-order valence-electron chi connectivity index (χ3n) is 1.55. The SMILES string of the molecule is CCOC(=O)[C@H]1CC[C@@H](O)O1. The number of hydrogen-bond donors (Lipinski definition) is 1. The Morgan fingerprint density at radius 2 is 2.45 bits per heavy atom. The van der Waals surface area contributed by atoms with Crippen molar-refractivity contribution in [2.75, 3.05) is 6.61 Å². The van der Waals surface area contributed by atoms with Crippen LogP contribution < -0.4 is 0 Å². The third-order valence-corrected chi connectivity index (χ3v) is 1.55. The van der Waals surface area contributed by atoms with Crippen molar-refractivity contribution in [2.24, 2.45) is 0 Å². The second kappa shape index (κ2) is 3.69. The third kappa shape index (κ3) is 2.17. The van der Waals surface area contributed by atoms with Crippen molar-refractivity contribution < 1.29 is 19.4 Å². The molecule has 1 N–H and O–H groups in total. The average molecular weight is 160 g/mol. The molecule has 4 nitrogen and oxygen atoms in total. The summed E-state index contributed by atoms with van der Waals surface area (Å²) < 4.78 is 9.56. The van der Waals surface area contributed by atoms with Crippen LogP contribution in [0.25, 0.3) is 0 Å². The summed E-state index contributed by atoms with van der Waals surface area (Å²) in [7, 11) is 0. The first kappa shape index (κ1) is 8.49. The molecule has 1 rings (SSSR count). The van der Waals surface area contributed by atoms with E-state index in [1.807, 2.05) is 0 Å². The van der Waals surface area contributed by atoms with Crippen molar-refractivity contribution in [3.05, 3.63) is 0 Å². The van der Waals surface area contributed by atoms with Gasteiger partial charge in [0.25, 0.3) is 0 Å². The number of aliphatic hydroxyl groups excluding tert-OH is 1. The number of hydrogen-bond acceptors (Lipinski definition) is 4. The molecular weight excluding hydrogens is 148 g/mol. The molecule has 1 heterocycles. The van der Waals surface area contributed by atoms with Crippen LogP contribution in [-0.4, -0.2) is 30.1 Å². The fourth-order valence-corrected chi connectivity index (χ4v) is 1.03. The zero-order valence-electron chi connectivity index (χ0n) is 6.45. The number of ether oxygens (including phenoxy) is 2. The summed E-state index contributed by atoms with van der Waals surface area (Å²) in [5.74, 6) is -0.371. The summed E-state index contributed by atoms with van der Waals surface area (Å²) in [6.07, 6.45) is -0.266. The monoisotopic (exact) mass is 160 g/mol. The van der Waals surface area contributed by atoms with Crippen molar-refractivity contribution in [3.8, 4) is 0 Å². The van der Waals surface area contributed by atoms with Gasteiger partial charge >= 0.3 is 5.97 Å². The van der Waals surface area contributed by atoms with Gasteiger partial charge in [-0.1, -0.05) is 0 Å². The minimum absolute atomic E-state index is 0.356. The van der Waals surface area contributed by atoms with Crippen molar-refractivity contribution in [1.82, 2.24) is 0 Å². The van der Waals surface area contributed by atoms with Crippen LogP contribution in [0.4, 0.5) is 0 Å². The van der Waals surface area contributed by atoms with Gasteiger partial charge in [0.15, 0.2) is 12.4 Å². The highest BCUT2D eigenvalue weighted by atomic mass is 16.6. The van der Waals surface area contributed by atoms with Gasteiger partial charge in [0, 0.05) is 6.42 Å². The Bertz CT molecular complexity index is 145. The molecule has 0 saturated carbocycles. The Hall–Kier alpha value is -0.610. The summed E-state index contributed by atoms with van der Waals surface area (Å²) in [5.41, 5.74) is 0. The molecule has 1 fully saturated rings. The van der Waals surface area contributed by atoms with Gasteiger partial charge in [-0.25, -0.2) is 4.79 Å². The van der Waals surface area contributed by atoms with Crippen molar-refractivity contribution in [2.45, 2.75) is 32.2 Å². The van der Waals surface area contributed by atoms with Crippen LogP contribution in [0, 0.1) is 0 Å². The lowest BCUT2D eigenvalue weighted by Gasteiger charge is -2.08. The molecule has 2 atom stereocenters. The molecule has 1 aliphatic heterocycles. The fraction of sp³-hybridized carbons (Fsp3) is 0.857. The normalized spacial score (nSPS) is 30.4. The fourth-order valence-electron chi connectivity index (χ4n) is 1.03. The van der Waals surface area contributed by atoms with Gasteiger partial charge in [-0.15, -0.1) is 0 Å². The molecule has 64 valence electrons. The maximum absolute atomic E-state index is 10.9. The van der Waals surface area contributed by atoms with E-state index < -0.39 is 12.4 Å². The lowest BCUT2D eigenvalue weighted by atomic mass is 10.2. The number of carbonyl (C=O) groups is 1. The van der Waals surface area contributed by atoms with E-state index in [1.165, 1.54) is 0 Å². The highest BCUT2D eigenvalue weighted by Gasteiger charge is 2.30. The lowest BCUT2D eigenvalue weighted by Crippen LogP contribution is -2.23. The smallest absolute Gasteiger partial charge is 0.335 e. The van der Waals surface area contributed by atoms with E-state index in [0.29, 0.717) is 19.4 Å². The van der Waals surface area contributed by atoms with Crippen LogP contribution in [-0.2, 0) is 14.3 Å². The summed E-state index contributed by atoms with van der Waals surface area (Å²) in [5, 5.41) is 8.89. The number of esters is 1. The minimum Gasteiger partial charge on any atom is -0.464 e. The molecule has 0 aromatic carbocycles. The maximum Gasteiger partial charge on any atom is 0.335 e.